The molecule has 0 fully saturated rings. The monoisotopic (exact) mass is 265 g/mol. The fourth-order valence-corrected chi connectivity index (χ4v) is 2.01. The number of benzene rings is 1. The fourth-order valence-electron chi connectivity index (χ4n) is 2.01. The van der Waals surface area contributed by atoms with Crippen LogP contribution in [0.5, 0.6) is 0 Å². The van der Waals surface area contributed by atoms with E-state index < -0.39 is 0 Å². The van der Waals surface area contributed by atoms with Crippen LogP contribution in [0, 0.1) is 5.82 Å². The number of hydrogen-bond acceptors (Lipinski definition) is 3. The number of nitrogens with two attached hydrogens (primary N) is 1. The van der Waals surface area contributed by atoms with Gasteiger partial charge in [0.15, 0.2) is 0 Å². The molecule has 2 aromatic heterocycles. The van der Waals surface area contributed by atoms with Crippen LogP contribution in [0.4, 0.5) is 10.1 Å². The summed E-state index contributed by atoms with van der Waals surface area (Å²) in [5, 5.41) is 0. The van der Waals surface area contributed by atoms with Gasteiger partial charge in [-0.2, -0.15) is 0 Å². The average molecular weight is 265 g/mol. The second kappa shape index (κ2) is 5.09. The minimum Gasteiger partial charge on any atom is -0.397 e. The standard InChI is InChI=1S/C16H12FN3/c17-13-8-12(9-19-10-13)15-7-6-14(18)16(20-15)11-4-2-1-3-5-11/h1-10H,18H2. The number of rotatable bonds is 2. The van der Waals surface area contributed by atoms with E-state index in [1.165, 1.54) is 12.3 Å². The lowest BCUT2D eigenvalue weighted by Crippen LogP contribution is -1.95. The van der Waals surface area contributed by atoms with Crippen molar-refractivity contribution in [2.24, 2.45) is 0 Å². The van der Waals surface area contributed by atoms with E-state index in [2.05, 4.69) is 9.97 Å². The molecule has 20 heavy (non-hydrogen) atoms. The highest BCUT2D eigenvalue weighted by atomic mass is 19.1. The van der Waals surface area contributed by atoms with Gasteiger partial charge in [0.1, 0.15) is 5.82 Å². The fraction of sp³-hybridized carbons (Fsp3) is 0. The number of nitrogens with zero attached hydrogens (tertiary/aromatic N) is 2. The van der Waals surface area contributed by atoms with Gasteiger partial charge in [-0.05, 0) is 18.2 Å². The van der Waals surface area contributed by atoms with Crippen molar-refractivity contribution in [3.05, 3.63) is 66.7 Å². The molecule has 3 rings (SSSR count). The highest BCUT2D eigenvalue weighted by Gasteiger charge is 2.08. The third-order valence-corrected chi connectivity index (χ3v) is 2.97. The van der Waals surface area contributed by atoms with Gasteiger partial charge in [-0.3, -0.25) is 4.98 Å². The highest BCUT2D eigenvalue weighted by Crippen LogP contribution is 2.27. The number of halogens is 1. The Morgan fingerprint density at radius 2 is 1.70 bits per heavy atom. The lowest BCUT2D eigenvalue weighted by atomic mass is 10.1. The molecule has 0 unspecified atom stereocenters. The van der Waals surface area contributed by atoms with E-state index in [9.17, 15) is 4.39 Å². The Balaban J connectivity index is 2.12. The van der Waals surface area contributed by atoms with Gasteiger partial charge >= 0.3 is 0 Å². The highest BCUT2D eigenvalue weighted by molar-refractivity contribution is 5.75. The summed E-state index contributed by atoms with van der Waals surface area (Å²) < 4.78 is 13.2. The smallest absolute Gasteiger partial charge is 0.142 e. The van der Waals surface area contributed by atoms with E-state index in [0.29, 0.717) is 22.6 Å². The summed E-state index contributed by atoms with van der Waals surface area (Å²) in [5.74, 6) is -0.387. The van der Waals surface area contributed by atoms with Gasteiger partial charge in [0, 0.05) is 17.3 Å². The molecule has 1 aromatic carbocycles. The van der Waals surface area contributed by atoms with Crippen LogP contribution in [-0.2, 0) is 0 Å². The molecule has 0 bridgehead atoms. The number of hydrogen-bond donors (Lipinski definition) is 1. The minimum atomic E-state index is -0.387. The summed E-state index contributed by atoms with van der Waals surface area (Å²) in [6.45, 7) is 0. The molecule has 2 N–H and O–H groups in total. The lowest BCUT2D eigenvalue weighted by Gasteiger charge is -2.08. The Hall–Kier alpha value is -2.75. The molecule has 0 saturated carbocycles. The predicted octanol–water partition coefficient (Wildman–Crippen LogP) is 3.53. The second-order valence-corrected chi connectivity index (χ2v) is 4.39. The van der Waals surface area contributed by atoms with E-state index in [1.54, 1.807) is 18.3 Å². The molecular formula is C16H12FN3. The largest absolute Gasteiger partial charge is 0.397 e. The summed E-state index contributed by atoms with van der Waals surface area (Å²) >= 11 is 0. The maximum absolute atomic E-state index is 13.2. The van der Waals surface area contributed by atoms with Crippen molar-refractivity contribution in [1.29, 1.82) is 0 Å². The van der Waals surface area contributed by atoms with Gasteiger partial charge in [0.25, 0.3) is 0 Å². The number of pyridine rings is 2. The average Bonchev–Trinajstić information content (AvgIpc) is 2.48. The molecule has 0 spiro atoms. The van der Waals surface area contributed by atoms with Crippen molar-refractivity contribution in [1.82, 2.24) is 9.97 Å². The van der Waals surface area contributed by atoms with Gasteiger partial charge in [-0.25, -0.2) is 9.37 Å². The maximum Gasteiger partial charge on any atom is 0.142 e. The van der Waals surface area contributed by atoms with Crippen molar-refractivity contribution in [3.63, 3.8) is 0 Å². The first kappa shape index (κ1) is 12.3. The molecule has 0 radical (unpaired) electrons. The normalized spacial score (nSPS) is 10.4. The topological polar surface area (TPSA) is 51.8 Å². The van der Waals surface area contributed by atoms with Gasteiger partial charge in [0.05, 0.1) is 23.3 Å². The third-order valence-electron chi connectivity index (χ3n) is 2.97. The van der Waals surface area contributed by atoms with Crippen molar-refractivity contribution >= 4 is 5.69 Å². The Bertz CT molecular complexity index is 742. The molecule has 0 aliphatic carbocycles. The Kier molecular flexibility index (Phi) is 3.13. The van der Waals surface area contributed by atoms with Crippen LogP contribution in [0.25, 0.3) is 22.5 Å². The van der Waals surface area contributed by atoms with Crippen LogP contribution in [0.3, 0.4) is 0 Å². The lowest BCUT2D eigenvalue weighted by molar-refractivity contribution is 0.622. The predicted molar refractivity (Wildman–Crippen MR) is 77.3 cm³/mol. The van der Waals surface area contributed by atoms with E-state index in [0.717, 1.165) is 5.56 Å². The van der Waals surface area contributed by atoms with Crippen LogP contribution < -0.4 is 5.73 Å². The summed E-state index contributed by atoms with van der Waals surface area (Å²) in [5.41, 5.74) is 9.45. The summed E-state index contributed by atoms with van der Waals surface area (Å²) in [6, 6.07) is 14.6. The Morgan fingerprint density at radius 1 is 0.900 bits per heavy atom. The molecule has 3 aromatic rings. The summed E-state index contributed by atoms with van der Waals surface area (Å²) in [4.78, 5) is 8.36. The van der Waals surface area contributed by atoms with Gasteiger partial charge < -0.3 is 5.73 Å². The molecule has 0 atom stereocenters. The zero-order valence-electron chi connectivity index (χ0n) is 10.6. The van der Waals surface area contributed by atoms with Crippen molar-refractivity contribution in [2.45, 2.75) is 0 Å². The van der Waals surface area contributed by atoms with E-state index in [1.807, 2.05) is 30.3 Å². The zero-order chi connectivity index (χ0) is 13.9. The summed E-state index contributed by atoms with van der Waals surface area (Å²) in [7, 11) is 0. The minimum absolute atomic E-state index is 0.387. The number of nitrogen functional groups attached to an aromatic ring is 1. The van der Waals surface area contributed by atoms with Crippen LogP contribution in [-0.4, -0.2) is 9.97 Å². The molecule has 0 aliphatic rings. The van der Waals surface area contributed by atoms with E-state index in [4.69, 9.17) is 5.73 Å². The second-order valence-electron chi connectivity index (χ2n) is 4.39. The number of anilines is 1. The van der Waals surface area contributed by atoms with Crippen LogP contribution >= 0.6 is 0 Å². The van der Waals surface area contributed by atoms with Crippen LogP contribution in [0.15, 0.2) is 60.9 Å². The van der Waals surface area contributed by atoms with Crippen LogP contribution in [0.2, 0.25) is 0 Å². The molecule has 0 amide bonds. The molecule has 98 valence electrons. The molecule has 4 heteroatoms. The first-order valence-electron chi connectivity index (χ1n) is 6.17. The molecule has 3 nitrogen and oxygen atoms in total. The van der Waals surface area contributed by atoms with Crippen molar-refractivity contribution in [2.75, 3.05) is 5.73 Å². The van der Waals surface area contributed by atoms with Crippen molar-refractivity contribution < 1.29 is 4.39 Å². The van der Waals surface area contributed by atoms with E-state index in [-0.39, 0.29) is 5.82 Å². The first-order valence-corrected chi connectivity index (χ1v) is 6.17. The van der Waals surface area contributed by atoms with Crippen LogP contribution in [0.1, 0.15) is 0 Å². The quantitative estimate of drug-likeness (QED) is 0.771. The SMILES string of the molecule is Nc1ccc(-c2cncc(F)c2)nc1-c1ccccc1. The zero-order valence-corrected chi connectivity index (χ0v) is 10.6. The maximum atomic E-state index is 13.2. The van der Waals surface area contributed by atoms with Crippen molar-refractivity contribution in [3.8, 4) is 22.5 Å². The third kappa shape index (κ3) is 2.36. The molecule has 0 aliphatic heterocycles. The number of aromatic nitrogens is 2. The van der Waals surface area contributed by atoms with E-state index >= 15 is 0 Å². The Labute approximate surface area is 115 Å². The molecule has 0 saturated heterocycles. The first-order chi connectivity index (χ1) is 9.74. The van der Waals surface area contributed by atoms with Gasteiger partial charge in [-0.1, -0.05) is 30.3 Å². The Morgan fingerprint density at radius 3 is 2.45 bits per heavy atom. The molecule has 2 heterocycles. The van der Waals surface area contributed by atoms with Gasteiger partial charge in [0.2, 0.25) is 0 Å². The summed E-state index contributed by atoms with van der Waals surface area (Å²) in [6.07, 6.45) is 2.75. The van der Waals surface area contributed by atoms with Gasteiger partial charge in [-0.15, -0.1) is 0 Å². The molecular weight excluding hydrogens is 253 g/mol.